The lowest BCUT2D eigenvalue weighted by atomic mass is 10.1. The first-order valence-electron chi connectivity index (χ1n) is 22.0. The predicted molar refractivity (Wildman–Crippen MR) is 279 cm³/mol. The van der Waals surface area contributed by atoms with Crippen LogP contribution in [0.25, 0.3) is 0 Å². The van der Waals surface area contributed by atoms with Crippen molar-refractivity contribution in [2.24, 2.45) is 20.5 Å². The molecule has 0 aliphatic rings. The molecule has 0 aliphatic carbocycles. The second-order valence-corrected chi connectivity index (χ2v) is 18.5. The number of ether oxygens (including phenoxy) is 2. The van der Waals surface area contributed by atoms with Gasteiger partial charge in [-0.2, -0.15) is 20.5 Å². The van der Waals surface area contributed by atoms with Crippen LogP contribution >= 0.6 is 58.0 Å². The molecule has 372 valence electrons. The van der Waals surface area contributed by atoms with Gasteiger partial charge in [0.1, 0.15) is 22.9 Å². The summed E-state index contributed by atoms with van der Waals surface area (Å²) in [5.41, 5.74) is 3.17. The van der Waals surface area contributed by atoms with E-state index in [1.165, 1.54) is 54.6 Å². The van der Waals surface area contributed by atoms with Gasteiger partial charge in [0.05, 0.1) is 39.4 Å². The number of Topliss-reactive ketones (excluding diaryl/α,β-unsaturated/α-hetero) is 2. The predicted octanol–water partition coefficient (Wildman–Crippen LogP) is 13.6. The minimum atomic E-state index is -1.66. The Morgan fingerprint density at radius 2 is 0.887 bits per heavy atom. The van der Waals surface area contributed by atoms with E-state index in [0.29, 0.717) is 52.8 Å². The molecule has 71 heavy (non-hydrogen) atoms. The molecule has 0 spiro atoms. The van der Waals surface area contributed by atoms with E-state index in [1.54, 1.807) is 57.2 Å². The second-order valence-electron chi connectivity index (χ2n) is 15.7. The van der Waals surface area contributed by atoms with Crippen LogP contribution in [0.4, 0.5) is 34.1 Å². The Morgan fingerprint density at radius 1 is 0.507 bits per heavy atom. The van der Waals surface area contributed by atoms with Crippen molar-refractivity contribution < 1.29 is 38.2 Å². The van der Waals surface area contributed by atoms with Crippen LogP contribution in [0.1, 0.15) is 102 Å². The van der Waals surface area contributed by atoms with Crippen molar-refractivity contribution in [1.29, 1.82) is 0 Å². The first-order chi connectivity index (χ1) is 33.7. The fourth-order valence-corrected chi connectivity index (χ4v) is 7.55. The SMILES string of the molecule is CCOc1ccc(NC(=O)c2ccc(Cl)c(N=NC(C(C)=O)C(=O)Nc3ccc(NC(=O)C(N=Nc4cc(C(=O)Nc5ccc(OCC)cc5C(C)Cl)ccc4Cl)C(C)=O)c(C(C)Cl)c3)c2)c(C(C)Cl)c1. The molecule has 4 amide bonds. The number of carbonyl (C=O) groups is 6. The molecule has 0 fully saturated rings. The first-order valence-corrected chi connectivity index (χ1v) is 24.0. The third-order valence-corrected chi connectivity index (χ3v) is 11.6. The van der Waals surface area contributed by atoms with Crippen LogP contribution in [0.5, 0.6) is 11.5 Å². The van der Waals surface area contributed by atoms with E-state index >= 15 is 0 Å². The first kappa shape index (κ1) is 55.5. The molecule has 5 aromatic rings. The highest BCUT2D eigenvalue weighted by atomic mass is 35.5. The highest BCUT2D eigenvalue weighted by Crippen LogP contribution is 2.36. The highest BCUT2D eigenvalue weighted by Gasteiger charge is 2.27. The summed E-state index contributed by atoms with van der Waals surface area (Å²) < 4.78 is 11.1. The minimum Gasteiger partial charge on any atom is -0.494 e. The largest absolute Gasteiger partial charge is 0.494 e. The van der Waals surface area contributed by atoms with Crippen LogP contribution in [0.3, 0.4) is 0 Å². The van der Waals surface area contributed by atoms with E-state index < -0.39 is 63.4 Å². The lowest BCUT2D eigenvalue weighted by molar-refractivity contribution is -0.127. The summed E-state index contributed by atoms with van der Waals surface area (Å²) in [6.45, 7) is 12.0. The van der Waals surface area contributed by atoms with Crippen molar-refractivity contribution in [1.82, 2.24) is 0 Å². The summed E-state index contributed by atoms with van der Waals surface area (Å²) in [5.74, 6) is -2.91. The van der Waals surface area contributed by atoms with Gasteiger partial charge in [0, 0.05) is 33.9 Å². The minimum absolute atomic E-state index is 0.00542. The van der Waals surface area contributed by atoms with Gasteiger partial charge in [-0.15, -0.1) is 34.8 Å². The Kier molecular flexibility index (Phi) is 20.0. The summed E-state index contributed by atoms with van der Waals surface area (Å²) in [6.07, 6.45) is 0. The van der Waals surface area contributed by atoms with E-state index in [1.807, 2.05) is 13.8 Å². The summed E-state index contributed by atoms with van der Waals surface area (Å²) in [5, 5.41) is 25.6. The van der Waals surface area contributed by atoms with Crippen molar-refractivity contribution in [3.63, 3.8) is 0 Å². The van der Waals surface area contributed by atoms with Crippen LogP contribution in [0.2, 0.25) is 10.0 Å². The number of benzene rings is 5. The Hall–Kier alpha value is -6.43. The molecule has 0 heterocycles. The zero-order valence-electron chi connectivity index (χ0n) is 39.4. The lowest BCUT2D eigenvalue weighted by Crippen LogP contribution is -2.32. The van der Waals surface area contributed by atoms with Crippen molar-refractivity contribution >= 4 is 127 Å². The van der Waals surface area contributed by atoms with Crippen LogP contribution in [0, 0.1) is 0 Å². The smallest absolute Gasteiger partial charge is 0.258 e. The molecule has 0 aromatic heterocycles. The zero-order valence-corrected chi connectivity index (χ0v) is 43.2. The average Bonchev–Trinajstić information content (AvgIpc) is 3.31. The number of carbonyl (C=O) groups excluding carboxylic acids is 6. The molecule has 5 atom stereocenters. The number of halogens is 5. The van der Waals surface area contributed by atoms with E-state index in [2.05, 4.69) is 41.7 Å². The van der Waals surface area contributed by atoms with Gasteiger partial charge in [0.25, 0.3) is 23.6 Å². The van der Waals surface area contributed by atoms with Gasteiger partial charge < -0.3 is 30.7 Å². The fourth-order valence-electron chi connectivity index (χ4n) is 6.70. The normalized spacial score (nSPS) is 13.4. The van der Waals surface area contributed by atoms with Crippen LogP contribution in [0.15, 0.2) is 111 Å². The van der Waals surface area contributed by atoms with Gasteiger partial charge in [0.15, 0.2) is 11.6 Å². The Balaban J connectivity index is 1.29. The number of hydrogen-bond acceptors (Lipinski definition) is 12. The average molecular weight is 1070 g/mol. The van der Waals surface area contributed by atoms with Crippen molar-refractivity contribution in [2.45, 2.75) is 76.7 Å². The Labute approximate surface area is 435 Å². The lowest BCUT2D eigenvalue weighted by Gasteiger charge is -2.17. The van der Waals surface area contributed by atoms with E-state index in [9.17, 15) is 28.8 Å². The number of azo groups is 2. The standard InChI is InChI=1S/C50H49Cl5N8O8/c1-8-70-33-13-18-41(36(23-33)26(4)52)57-47(66)30-10-15-38(54)43(20-30)60-62-45(28(6)64)49(68)56-32-12-17-40(35(22-32)25(3)51)59-50(69)46(29(7)65)63-61-44-21-31(11-16-39(44)55)48(67)58-42-19-14-34(71-9-2)24-37(42)27(5)53/h10-27,45-46H,8-9H2,1-7H3,(H,56,68)(H,57,66)(H,58,67)(H,59,69). The molecule has 5 rings (SSSR count). The molecule has 21 heteroatoms. The van der Waals surface area contributed by atoms with Gasteiger partial charge in [0.2, 0.25) is 12.1 Å². The van der Waals surface area contributed by atoms with Gasteiger partial charge in [-0.3, -0.25) is 28.8 Å². The molecule has 0 radical (unpaired) electrons. The van der Waals surface area contributed by atoms with E-state index in [0.717, 1.165) is 13.8 Å². The number of ketones is 2. The van der Waals surface area contributed by atoms with Gasteiger partial charge in [-0.25, -0.2) is 0 Å². The third-order valence-electron chi connectivity index (χ3n) is 10.3. The molecule has 0 saturated heterocycles. The number of nitrogens with zero attached hydrogens (tertiary/aromatic N) is 4. The van der Waals surface area contributed by atoms with Crippen molar-refractivity contribution in [3.8, 4) is 11.5 Å². The summed E-state index contributed by atoms with van der Waals surface area (Å²) >= 11 is 32.1. The van der Waals surface area contributed by atoms with Crippen molar-refractivity contribution in [3.05, 3.63) is 129 Å². The fraction of sp³-hybridized carbons (Fsp3) is 0.280. The molecule has 5 unspecified atom stereocenters. The molecule has 5 aromatic carbocycles. The summed E-state index contributed by atoms with van der Waals surface area (Å²) in [4.78, 5) is 79.3. The molecule has 4 N–H and O–H groups in total. The molecule has 16 nitrogen and oxygen atoms in total. The number of hydrogen-bond donors (Lipinski definition) is 4. The maximum absolute atomic E-state index is 13.6. The number of amides is 4. The summed E-state index contributed by atoms with van der Waals surface area (Å²) in [7, 11) is 0. The number of alkyl halides is 3. The number of rotatable bonds is 21. The maximum Gasteiger partial charge on any atom is 0.258 e. The van der Waals surface area contributed by atoms with Gasteiger partial charge in [-0.05, 0) is 156 Å². The maximum atomic E-state index is 13.6. The third kappa shape index (κ3) is 15.0. The van der Waals surface area contributed by atoms with E-state index in [4.69, 9.17) is 67.5 Å². The van der Waals surface area contributed by atoms with Crippen LogP contribution < -0.4 is 30.7 Å². The number of nitrogens with one attached hydrogen (secondary N) is 4. The van der Waals surface area contributed by atoms with E-state index in [-0.39, 0.29) is 43.9 Å². The molecule has 0 bridgehead atoms. The molecular formula is C50H49Cl5N8O8. The quantitative estimate of drug-likeness (QED) is 0.0314. The Bertz CT molecular complexity index is 2890. The topological polar surface area (TPSA) is 218 Å². The van der Waals surface area contributed by atoms with Gasteiger partial charge in [-0.1, -0.05) is 23.2 Å². The van der Waals surface area contributed by atoms with Crippen LogP contribution in [-0.2, 0) is 19.2 Å². The van der Waals surface area contributed by atoms with Gasteiger partial charge >= 0.3 is 0 Å². The summed E-state index contributed by atoms with van der Waals surface area (Å²) in [6, 6.07) is 19.8. The van der Waals surface area contributed by atoms with Crippen LogP contribution in [-0.4, -0.2) is 60.5 Å². The number of anilines is 4. The molecule has 0 saturated carbocycles. The monoisotopic (exact) mass is 1060 g/mol. The second kappa shape index (κ2) is 25.6. The Morgan fingerprint density at radius 3 is 1.28 bits per heavy atom. The van der Waals surface area contributed by atoms with Crippen molar-refractivity contribution in [2.75, 3.05) is 34.5 Å². The zero-order chi connectivity index (χ0) is 52.1. The highest BCUT2D eigenvalue weighted by molar-refractivity contribution is 6.33. The molecule has 0 aliphatic heterocycles. The molecular weight excluding hydrogens is 1020 g/mol.